The lowest BCUT2D eigenvalue weighted by atomic mass is 10.0. The van der Waals surface area contributed by atoms with Crippen LogP contribution in [0.15, 0.2) is 115 Å². The number of aromatic hydroxyl groups is 1. The Morgan fingerprint density at radius 2 is 1.12 bits per heavy atom. The number of hydrogen-bond donors (Lipinski definition) is 5. The fourth-order valence-corrected chi connectivity index (χ4v) is 5.20. The van der Waals surface area contributed by atoms with Crippen molar-refractivity contribution in [3.63, 3.8) is 0 Å². The third-order valence-electron chi connectivity index (χ3n) is 7.94. The third kappa shape index (κ3) is 12.2. The minimum Gasteiger partial charge on any atom is -0.508 e. The van der Waals surface area contributed by atoms with Crippen molar-refractivity contribution in [2.45, 2.75) is 57.8 Å². The Bertz CT molecular complexity index is 1630. The maximum Gasteiger partial charge on any atom is 0.408 e. The van der Waals surface area contributed by atoms with Gasteiger partial charge in [0.05, 0.1) is 6.04 Å². The fourth-order valence-electron chi connectivity index (χ4n) is 5.20. The molecule has 10 nitrogen and oxygen atoms in total. The van der Waals surface area contributed by atoms with Gasteiger partial charge in [0.25, 0.3) is 0 Å². The summed E-state index contributed by atoms with van der Waals surface area (Å²) in [6.45, 7) is 4.04. The van der Waals surface area contributed by atoms with Crippen LogP contribution in [-0.2, 0) is 45.0 Å². The van der Waals surface area contributed by atoms with Crippen molar-refractivity contribution in [2.24, 2.45) is 5.92 Å². The molecule has 4 rings (SSSR count). The summed E-state index contributed by atoms with van der Waals surface area (Å²) in [6.07, 6.45) is 0.273. The molecule has 4 aromatic rings. The van der Waals surface area contributed by atoms with Crippen LogP contribution in [0.25, 0.3) is 0 Å². The zero-order chi connectivity index (χ0) is 35.0. The van der Waals surface area contributed by atoms with Crippen molar-refractivity contribution in [3.8, 4) is 5.75 Å². The Labute approximate surface area is 287 Å². The molecule has 10 heteroatoms. The second-order valence-electron chi connectivity index (χ2n) is 12.1. The molecule has 0 radical (unpaired) electrons. The number of phenols is 1. The number of nitrogens with one attached hydrogen (secondary N) is 4. The monoisotopic (exact) mass is 664 g/mol. The van der Waals surface area contributed by atoms with Crippen molar-refractivity contribution in [3.05, 3.63) is 138 Å². The highest BCUT2D eigenvalue weighted by Crippen LogP contribution is 2.13. The summed E-state index contributed by atoms with van der Waals surface area (Å²) in [4.78, 5) is 53.7. The molecule has 0 spiro atoms. The largest absolute Gasteiger partial charge is 0.508 e. The molecule has 0 bridgehead atoms. The Kier molecular flexibility index (Phi) is 13.9. The number of benzene rings is 4. The molecular formula is C39H44N4O6. The third-order valence-corrected chi connectivity index (χ3v) is 7.94. The highest BCUT2D eigenvalue weighted by atomic mass is 16.5. The maximum absolute atomic E-state index is 13.8. The van der Waals surface area contributed by atoms with Gasteiger partial charge in [-0.2, -0.15) is 0 Å². The summed E-state index contributed by atoms with van der Waals surface area (Å²) in [5.41, 5.74) is 3.46. The van der Waals surface area contributed by atoms with Crippen LogP contribution in [0.3, 0.4) is 0 Å². The number of carbonyl (C=O) groups is 4. The fraction of sp³-hybridized carbons (Fsp3) is 0.282. The van der Waals surface area contributed by atoms with Gasteiger partial charge < -0.3 is 25.8 Å². The van der Waals surface area contributed by atoms with Gasteiger partial charge in [-0.15, -0.1) is 0 Å². The summed E-state index contributed by atoms with van der Waals surface area (Å²) in [6, 6.07) is 31.8. The lowest BCUT2D eigenvalue weighted by Gasteiger charge is -2.26. The van der Waals surface area contributed by atoms with Crippen LogP contribution in [0.5, 0.6) is 5.75 Å². The van der Waals surface area contributed by atoms with Gasteiger partial charge in [-0.05, 0) is 59.7 Å². The van der Waals surface area contributed by atoms with Crippen LogP contribution in [-0.4, -0.2) is 53.6 Å². The molecule has 4 aromatic carbocycles. The highest BCUT2D eigenvalue weighted by Gasteiger charge is 2.31. The van der Waals surface area contributed by atoms with Gasteiger partial charge in [-0.25, -0.2) is 4.79 Å². The van der Waals surface area contributed by atoms with Gasteiger partial charge in [0.1, 0.15) is 24.4 Å². The smallest absolute Gasteiger partial charge is 0.408 e. The summed E-state index contributed by atoms with van der Waals surface area (Å²) in [5.74, 6) is -2.15. The molecule has 5 N–H and O–H groups in total. The Balaban J connectivity index is 1.46. The first-order chi connectivity index (χ1) is 23.7. The average molecular weight is 665 g/mol. The maximum atomic E-state index is 13.8. The van der Waals surface area contributed by atoms with E-state index in [1.165, 1.54) is 12.1 Å². The van der Waals surface area contributed by atoms with Crippen molar-refractivity contribution < 1.29 is 29.0 Å². The molecule has 256 valence electrons. The number of rotatable bonds is 16. The molecule has 0 aromatic heterocycles. The number of carbonyl (C=O) groups excluding carboxylic acids is 4. The van der Waals surface area contributed by atoms with E-state index in [0.717, 1.165) is 16.7 Å². The predicted octanol–water partition coefficient (Wildman–Crippen LogP) is 4.46. The molecule has 3 atom stereocenters. The first kappa shape index (κ1) is 36.4. The number of alkyl carbamates (subject to hydrolysis) is 1. The van der Waals surface area contributed by atoms with E-state index in [9.17, 15) is 24.3 Å². The van der Waals surface area contributed by atoms with Crippen molar-refractivity contribution in [2.75, 3.05) is 6.54 Å². The summed E-state index contributed by atoms with van der Waals surface area (Å²) < 4.78 is 5.32. The zero-order valence-corrected chi connectivity index (χ0v) is 27.8. The van der Waals surface area contributed by atoms with Gasteiger partial charge in [-0.3, -0.25) is 19.7 Å². The second-order valence-corrected chi connectivity index (χ2v) is 12.1. The molecule has 4 amide bonds. The van der Waals surface area contributed by atoms with Gasteiger partial charge in [0.15, 0.2) is 0 Å². The van der Waals surface area contributed by atoms with Gasteiger partial charge in [-0.1, -0.05) is 117 Å². The minimum atomic E-state index is -1.17. The van der Waals surface area contributed by atoms with Gasteiger partial charge in [0.2, 0.25) is 17.7 Å². The Morgan fingerprint density at radius 3 is 1.71 bits per heavy atom. The first-order valence-corrected chi connectivity index (χ1v) is 16.4. The highest BCUT2D eigenvalue weighted by molar-refractivity contribution is 6.02. The molecule has 0 fully saturated rings. The van der Waals surface area contributed by atoms with Crippen LogP contribution in [0.2, 0.25) is 0 Å². The van der Waals surface area contributed by atoms with Gasteiger partial charge in [0, 0.05) is 6.42 Å². The zero-order valence-electron chi connectivity index (χ0n) is 27.8. The molecule has 0 unspecified atom stereocenters. The van der Waals surface area contributed by atoms with Crippen LogP contribution < -0.4 is 21.3 Å². The summed E-state index contributed by atoms with van der Waals surface area (Å²) in [7, 11) is 0. The number of phenolic OH excluding ortho intramolecular Hbond substituents is 1. The SMILES string of the molecule is CC(C)[C@H](NC(=O)OCc1ccccc1)C(=O)N[C@@H](Cc1ccc(O)cc1)C(=O)NC(=O)[C@H](Cc1ccccc1)NCCc1ccccc1. The van der Waals surface area contributed by atoms with Crippen LogP contribution in [0, 0.1) is 5.92 Å². The van der Waals surface area contributed by atoms with E-state index in [-0.39, 0.29) is 24.7 Å². The quantitative estimate of drug-likeness (QED) is 0.119. The lowest BCUT2D eigenvalue weighted by Crippen LogP contribution is -2.58. The van der Waals surface area contributed by atoms with Crippen molar-refractivity contribution in [1.29, 1.82) is 0 Å². The van der Waals surface area contributed by atoms with E-state index in [1.807, 2.05) is 91.0 Å². The van der Waals surface area contributed by atoms with E-state index in [1.54, 1.807) is 26.0 Å². The lowest BCUT2D eigenvalue weighted by molar-refractivity contribution is -0.135. The van der Waals surface area contributed by atoms with E-state index < -0.39 is 41.9 Å². The van der Waals surface area contributed by atoms with Crippen LogP contribution in [0.1, 0.15) is 36.1 Å². The summed E-state index contributed by atoms with van der Waals surface area (Å²) >= 11 is 0. The number of hydrogen-bond acceptors (Lipinski definition) is 7. The first-order valence-electron chi connectivity index (χ1n) is 16.4. The van der Waals surface area contributed by atoms with Crippen molar-refractivity contribution >= 4 is 23.8 Å². The molecule has 0 saturated heterocycles. The Hall–Kier alpha value is -5.48. The van der Waals surface area contributed by atoms with Crippen LogP contribution in [0.4, 0.5) is 4.79 Å². The Morgan fingerprint density at radius 1 is 0.612 bits per heavy atom. The standard InChI is InChI=1S/C39H44N4O6/c1-27(2)35(42-39(48)49-26-31-16-10-5-11-17-31)38(47)41-34(25-30-18-20-32(44)21-19-30)37(46)43-36(45)33(24-29-14-8-4-9-15-29)40-23-22-28-12-6-3-7-13-28/h3-21,27,33-35,40,44H,22-26H2,1-2H3,(H,41,47)(H,42,48)(H,43,45,46)/t33-,34-,35-/m0/s1. The molecule has 0 aliphatic rings. The van der Waals surface area contributed by atoms with E-state index in [0.29, 0.717) is 24.9 Å². The molecule has 49 heavy (non-hydrogen) atoms. The van der Waals surface area contributed by atoms with E-state index in [2.05, 4.69) is 21.3 Å². The predicted molar refractivity (Wildman–Crippen MR) is 187 cm³/mol. The minimum absolute atomic E-state index is 0.0244. The van der Waals surface area contributed by atoms with Gasteiger partial charge >= 0.3 is 6.09 Å². The summed E-state index contributed by atoms with van der Waals surface area (Å²) in [5, 5.41) is 20.9. The molecule has 0 saturated carbocycles. The average Bonchev–Trinajstić information content (AvgIpc) is 3.11. The molecule has 0 aliphatic heterocycles. The number of amides is 4. The molecular weight excluding hydrogens is 620 g/mol. The van der Waals surface area contributed by atoms with Crippen molar-refractivity contribution in [1.82, 2.24) is 21.3 Å². The number of imide groups is 1. The normalized spacial score (nSPS) is 12.7. The van der Waals surface area contributed by atoms with E-state index in [4.69, 9.17) is 4.74 Å². The van der Waals surface area contributed by atoms with Crippen LogP contribution >= 0.6 is 0 Å². The van der Waals surface area contributed by atoms with E-state index >= 15 is 0 Å². The second kappa shape index (κ2) is 18.8. The molecule has 0 aliphatic carbocycles. The molecule has 0 heterocycles. The topological polar surface area (TPSA) is 146 Å². The number of ether oxygens (including phenoxy) is 1.